The number of hydrogen-bond acceptors (Lipinski definition) is 8. The molecule has 0 saturated carbocycles. The van der Waals surface area contributed by atoms with Crippen LogP contribution in [0.2, 0.25) is 0 Å². The summed E-state index contributed by atoms with van der Waals surface area (Å²) in [6.45, 7) is 27.1. The molecule has 8 nitrogen and oxygen atoms in total. The number of aromatic hydroxyl groups is 1. The maximum Gasteiger partial charge on any atom is 0.313 e. The first-order valence-electron chi connectivity index (χ1n) is 22.0. The van der Waals surface area contributed by atoms with Crippen LogP contribution in [-0.4, -0.2) is 69.2 Å². The highest BCUT2D eigenvalue weighted by molar-refractivity contribution is 5.75. The number of aliphatic hydroxyl groups is 1. The summed E-state index contributed by atoms with van der Waals surface area (Å²) in [6.07, 6.45) is 1.78. The highest BCUT2D eigenvalue weighted by Crippen LogP contribution is 2.37. The molecule has 8 heteroatoms. The van der Waals surface area contributed by atoms with Crippen molar-refractivity contribution in [3.8, 4) is 11.5 Å². The molecule has 0 aliphatic heterocycles. The molecule has 0 fully saturated rings. The van der Waals surface area contributed by atoms with Crippen LogP contribution in [0.3, 0.4) is 0 Å². The minimum Gasteiger partial charge on any atom is -0.508 e. The molecule has 0 radical (unpaired) electrons. The molecule has 2 N–H and O–H groups in total. The number of nitrogens with zero attached hydrogens (tertiary/aromatic N) is 2. The van der Waals surface area contributed by atoms with E-state index < -0.39 is 0 Å². The van der Waals surface area contributed by atoms with Crippen LogP contribution in [0.25, 0.3) is 0 Å². The van der Waals surface area contributed by atoms with E-state index in [4.69, 9.17) is 9.47 Å². The molecule has 60 heavy (non-hydrogen) atoms. The van der Waals surface area contributed by atoms with Crippen molar-refractivity contribution in [2.45, 2.75) is 145 Å². The zero-order valence-electron chi connectivity index (χ0n) is 38.5. The Kier molecular flexibility index (Phi) is 20.5. The lowest BCUT2D eigenvalue weighted by molar-refractivity contribution is -0.148. The molecule has 0 saturated heterocycles. The molecule has 328 valence electrons. The second-order valence-corrected chi connectivity index (χ2v) is 17.6. The second-order valence-electron chi connectivity index (χ2n) is 17.6. The van der Waals surface area contributed by atoms with E-state index in [1.807, 2.05) is 88.4 Å². The first kappa shape index (κ1) is 49.9. The van der Waals surface area contributed by atoms with E-state index in [-0.39, 0.29) is 48.8 Å². The van der Waals surface area contributed by atoms with Gasteiger partial charge in [0.2, 0.25) is 0 Å². The quantitative estimate of drug-likeness (QED) is 0.0672. The fraction of sp³-hybridized carbons (Fsp3) is 0.500. The predicted molar refractivity (Wildman–Crippen MR) is 245 cm³/mol. The van der Waals surface area contributed by atoms with Crippen molar-refractivity contribution in [1.82, 2.24) is 9.80 Å². The van der Waals surface area contributed by atoms with Gasteiger partial charge in [-0.2, -0.15) is 0 Å². The van der Waals surface area contributed by atoms with Crippen molar-refractivity contribution >= 4 is 11.9 Å². The average Bonchev–Trinajstić information content (AvgIpc) is 3.21. The Morgan fingerprint density at radius 1 is 0.550 bits per heavy atom. The lowest BCUT2D eigenvalue weighted by Gasteiger charge is -2.32. The molecular weight excluding hydrogens is 749 g/mol. The number of ether oxygens (including phenoxy) is 2. The van der Waals surface area contributed by atoms with Crippen LogP contribution in [0.15, 0.2) is 97.1 Å². The van der Waals surface area contributed by atoms with Gasteiger partial charge in [-0.05, 0) is 128 Å². The van der Waals surface area contributed by atoms with Gasteiger partial charge in [0.25, 0.3) is 0 Å². The highest BCUT2D eigenvalue weighted by Gasteiger charge is 2.25. The van der Waals surface area contributed by atoms with Gasteiger partial charge in [0, 0.05) is 47.1 Å². The number of esters is 2. The van der Waals surface area contributed by atoms with Gasteiger partial charge in [0.1, 0.15) is 18.1 Å². The summed E-state index contributed by atoms with van der Waals surface area (Å²) in [5, 5.41) is 19.9. The number of phenols is 1. The third-order valence-electron chi connectivity index (χ3n) is 11.0. The average molecular weight is 823 g/mol. The number of carbonyl (C=O) groups is 2. The van der Waals surface area contributed by atoms with Gasteiger partial charge >= 0.3 is 11.9 Å². The summed E-state index contributed by atoms with van der Waals surface area (Å²) in [5.41, 5.74) is 5.90. The fourth-order valence-electron chi connectivity index (χ4n) is 7.74. The summed E-state index contributed by atoms with van der Waals surface area (Å²) in [5.74, 6) is 0.0791. The standard InChI is InChI=1S/C30H43NO4.C22H31NO2/c1-20(2)29(32)34-19-24-14-15-28(35-30(33)21(3)4)27(18-24)26(25-12-10-9-11-13-25)16-17-31(22(5)6)23(7)8;1-16(2)23(17(3)4)13-12-20(19-8-6-5-7-9-19)21-14-18(15-24)10-11-22(21)25/h9-15,18,20-23,26H,16-17,19H2,1-8H3;5-11,14,16-17,20,24-25H,12-13,15H2,1-4H3/t26-;20-/m11/s1. The first-order valence-corrected chi connectivity index (χ1v) is 22.0. The van der Waals surface area contributed by atoms with Crippen LogP contribution >= 0.6 is 0 Å². The molecular formula is C52H74N2O6. The van der Waals surface area contributed by atoms with Gasteiger partial charge < -0.3 is 19.7 Å². The summed E-state index contributed by atoms with van der Waals surface area (Å²) >= 11 is 0. The Morgan fingerprint density at radius 2 is 0.983 bits per heavy atom. The molecule has 0 bridgehead atoms. The van der Waals surface area contributed by atoms with Crippen molar-refractivity contribution in [2.24, 2.45) is 11.8 Å². The minimum atomic E-state index is -0.261. The minimum absolute atomic E-state index is 0.0150. The molecule has 0 spiro atoms. The van der Waals surface area contributed by atoms with Crippen molar-refractivity contribution in [3.05, 3.63) is 130 Å². The summed E-state index contributed by atoms with van der Waals surface area (Å²) < 4.78 is 11.4. The van der Waals surface area contributed by atoms with Gasteiger partial charge in [0.15, 0.2) is 0 Å². The van der Waals surface area contributed by atoms with Crippen LogP contribution in [0.4, 0.5) is 0 Å². The van der Waals surface area contributed by atoms with Crippen molar-refractivity contribution < 1.29 is 29.3 Å². The molecule has 0 heterocycles. The maximum atomic E-state index is 12.5. The van der Waals surface area contributed by atoms with Gasteiger partial charge in [-0.3, -0.25) is 19.4 Å². The lowest BCUT2D eigenvalue weighted by atomic mass is 9.86. The van der Waals surface area contributed by atoms with E-state index in [2.05, 4.69) is 89.5 Å². The van der Waals surface area contributed by atoms with Gasteiger partial charge in [-0.25, -0.2) is 0 Å². The first-order chi connectivity index (χ1) is 28.4. The summed E-state index contributed by atoms with van der Waals surface area (Å²) in [7, 11) is 0. The van der Waals surface area contributed by atoms with E-state index in [9.17, 15) is 19.8 Å². The van der Waals surface area contributed by atoms with Crippen LogP contribution in [0.5, 0.6) is 11.5 Å². The molecule has 0 aromatic heterocycles. The van der Waals surface area contributed by atoms with E-state index in [0.717, 1.165) is 53.7 Å². The zero-order valence-corrected chi connectivity index (χ0v) is 38.5. The third kappa shape index (κ3) is 15.2. The number of phenolic OH excluding ortho intramolecular Hbond substituents is 1. The molecule has 0 unspecified atom stereocenters. The lowest BCUT2D eigenvalue weighted by Crippen LogP contribution is -2.38. The largest absolute Gasteiger partial charge is 0.508 e. The Labute approximate surface area is 361 Å². The molecule has 4 rings (SSSR count). The van der Waals surface area contributed by atoms with Crippen LogP contribution in [-0.2, 0) is 27.5 Å². The number of aliphatic hydroxyl groups excluding tert-OH is 1. The molecule has 4 aromatic rings. The van der Waals surface area contributed by atoms with E-state index in [1.165, 1.54) is 5.56 Å². The van der Waals surface area contributed by atoms with Crippen molar-refractivity contribution in [3.63, 3.8) is 0 Å². The van der Waals surface area contributed by atoms with Crippen molar-refractivity contribution in [2.75, 3.05) is 13.1 Å². The van der Waals surface area contributed by atoms with E-state index in [1.54, 1.807) is 12.1 Å². The number of benzene rings is 4. The number of rotatable bonds is 20. The van der Waals surface area contributed by atoms with Gasteiger partial charge in [-0.1, -0.05) is 100 Å². The second kappa shape index (κ2) is 24.7. The number of hydrogen-bond donors (Lipinski definition) is 2. The van der Waals surface area contributed by atoms with E-state index >= 15 is 0 Å². The molecule has 4 aromatic carbocycles. The van der Waals surface area contributed by atoms with Gasteiger partial charge in [0.05, 0.1) is 18.4 Å². The monoisotopic (exact) mass is 823 g/mol. The Bertz CT molecular complexity index is 1860. The summed E-state index contributed by atoms with van der Waals surface area (Å²) in [6, 6.07) is 33.6. The Hall–Kier alpha value is -4.50. The third-order valence-corrected chi connectivity index (χ3v) is 11.0. The highest BCUT2D eigenvalue weighted by atomic mass is 16.5. The summed E-state index contributed by atoms with van der Waals surface area (Å²) in [4.78, 5) is 29.5. The topological polar surface area (TPSA) is 99.5 Å². The molecule has 0 amide bonds. The smallest absolute Gasteiger partial charge is 0.313 e. The fourth-order valence-corrected chi connectivity index (χ4v) is 7.74. The SMILES string of the molecule is CC(C)C(=O)OCc1ccc(OC(=O)C(C)C)c([C@H](CCN(C(C)C)C(C)C)c2ccccc2)c1.CC(C)N(CC[C@H](c1ccccc1)c1cc(CO)ccc1O)C(C)C. The molecule has 0 aliphatic carbocycles. The van der Waals surface area contributed by atoms with E-state index in [0.29, 0.717) is 35.7 Å². The Morgan fingerprint density at radius 3 is 1.42 bits per heavy atom. The molecule has 0 aliphatic rings. The molecule has 2 atom stereocenters. The van der Waals surface area contributed by atoms with Crippen LogP contribution in [0.1, 0.15) is 141 Å². The van der Waals surface area contributed by atoms with Crippen LogP contribution in [0, 0.1) is 11.8 Å². The normalized spacial score (nSPS) is 12.8. The van der Waals surface area contributed by atoms with Gasteiger partial charge in [-0.15, -0.1) is 0 Å². The maximum absolute atomic E-state index is 12.5. The Balaban J connectivity index is 0.000000338. The number of carbonyl (C=O) groups excluding carboxylic acids is 2. The zero-order chi connectivity index (χ0) is 44.5. The predicted octanol–water partition coefficient (Wildman–Crippen LogP) is 11.1. The van der Waals surface area contributed by atoms with Crippen molar-refractivity contribution in [1.29, 1.82) is 0 Å². The van der Waals surface area contributed by atoms with Crippen LogP contribution < -0.4 is 4.74 Å².